The van der Waals surface area contributed by atoms with Gasteiger partial charge in [-0.3, -0.25) is 4.79 Å². The number of carbonyl (C=O) groups is 1. The number of aromatic nitrogens is 2. The lowest BCUT2D eigenvalue weighted by molar-refractivity contribution is 0.0972. The van der Waals surface area contributed by atoms with Crippen LogP contribution in [0, 0.1) is 5.82 Å². The summed E-state index contributed by atoms with van der Waals surface area (Å²) in [5.74, 6) is 0.391. The molecule has 1 heterocycles. The number of benzene rings is 2. The molecule has 28 heavy (non-hydrogen) atoms. The molecule has 142 valence electrons. The predicted molar refractivity (Wildman–Crippen MR) is 109 cm³/mol. The first-order valence-electron chi connectivity index (χ1n) is 8.68. The van der Waals surface area contributed by atoms with E-state index in [2.05, 4.69) is 20.6 Å². The van der Waals surface area contributed by atoms with E-state index in [-0.39, 0.29) is 11.6 Å². The smallest absolute Gasteiger partial charge is 0.229 e. The largest absolute Gasteiger partial charge is 0.339 e. The number of halogens is 3. The van der Waals surface area contributed by atoms with Gasteiger partial charge in [-0.25, -0.2) is 9.37 Å². The fourth-order valence-electron chi connectivity index (χ4n) is 3.04. The summed E-state index contributed by atoms with van der Waals surface area (Å²) in [6.07, 6.45) is 1.87. The molecule has 0 bridgehead atoms. The minimum Gasteiger partial charge on any atom is -0.339 e. The minimum absolute atomic E-state index is 0.00265. The summed E-state index contributed by atoms with van der Waals surface area (Å²) >= 11 is 12.1. The van der Waals surface area contributed by atoms with E-state index in [1.807, 2.05) is 0 Å². The van der Waals surface area contributed by atoms with Crippen LogP contribution >= 0.6 is 23.2 Å². The first-order chi connectivity index (χ1) is 13.5. The molecule has 0 atom stereocenters. The first kappa shape index (κ1) is 18.7. The highest BCUT2D eigenvalue weighted by atomic mass is 35.5. The average molecular weight is 417 g/mol. The topological polar surface area (TPSA) is 66.9 Å². The summed E-state index contributed by atoms with van der Waals surface area (Å²) in [6, 6.07) is 11.0. The summed E-state index contributed by atoms with van der Waals surface area (Å²) in [5, 5.41) is 7.04. The third-order valence-corrected chi connectivity index (χ3v) is 5.10. The number of hydrogen-bond acceptors (Lipinski definition) is 5. The van der Waals surface area contributed by atoms with Crippen molar-refractivity contribution in [2.75, 3.05) is 10.6 Å². The molecule has 0 radical (unpaired) electrons. The van der Waals surface area contributed by atoms with Crippen LogP contribution in [-0.4, -0.2) is 15.8 Å². The normalized spacial score (nSPS) is 13.2. The zero-order chi connectivity index (χ0) is 19.7. The Labute approximate surface area is 170 Å². The van der Waals surface area contributed by atoms with Crippen LogP contribution in [0.4, 0.5) is 27.5 Å². The van der Waals surface area contributed by atoms with Gasteiger partial charge in [-0.15, -0.1) is 0 Å². The van der Waals surface area contributed by atoms with E-state index in [0.29, 0.717) is 57.3 Å². The maximum atomic E-state index is 13.1. The number of fused-ring (bicyclic) bond motifs is 1. The molecule has 8 heteroatoms. The molecule has 3 aromatic rings. The second kappa shape index (κ2) is 7.73. The Kier molecular flexibility index (Phi) is 5.15. The zero-order valence-corrected chi connectivity index (χ0v) is 16.1. The van der Waals surface area contributed by atoms with E-state index in [1.54, 1.807) is 30.3 Å². The first-order valence-corrected chi connectivity index (χ1v) is 9.44. The second-order valence-electron chi connectivity index (χ2n) is 6.38. The van der Waals surface area contributed by atoms with E-state index in [9.17, 15) is 9.18 Å². The fraction of sp³-hybridized carbons (Fsp3) is 0.150. The van der Waals surface area contributed by atoms with Crippen molar-refractivity contribution in [1.82, 2.24) is 9.97 Å². The minimum atomic E-state index is -0.329. The van der Waals surface area contributed by atoms with Crippen molar-refractivity contribution in [1.29, 1.82) is 0 Å². The van der Waals surface area contributed by atoms with Gasteiger partial charge in [0.1, 0.15) is 11.6 Å². The third-order valence-electron chi connectivity index (χ3n) is 4.36. The van der Waals surface area contributed by atoms with Crippen LogP contribution in [0.1, 0.15) is 28.9 Å². The SMILES string of the molecule is O=C1CCCc2nc(Nc3ccc(F)cc3)nc(Nc3ccc(Cl)c(Cl)c3)c21. The molecular weight excluding hydrogens is 402 g/mol. The van der Waals surface area contributed by atoms with E-state index < -0.39 is 0 Å². The molecule has 2 aromatic carbocycles. The molecule has 0 saturated heterocycles. The van der Waals surface area contributed by atoms with Crippen molar-refractivity contribution in [2.45, 2.75) is 19.3 Å². The van der Waals surface area contributed by atoms with Crippen molar-refractivity contribution in [3.8, 4) is 0 Å². The van der Waals surface area contributed by atoms with Gasteiger partial charge >= 0.3 is 0 Å². The number of aryl methyl sites for hydroxylation is 1. The van der Waals surface area contributed by atoms with Crippen molar-refractivity contribution in [3.63, 3.8) is 0 Å². The van der Waals surface area contributed by atoms with Gasteiger partial charge in [0.2, 0.25) is 5.95 Å². The lowest BCUT2D eigenvalue weighted by Gasteiger charge is -2.19. The van der Waals surface area contributed by atoms with Crippen LogP contribution in [-0.2, 0) is 6.42 Å². The van der Waals surface area contributed by atoms with Crippen molar-refractivity contribution >= 4 is 52.1 Å². The number of anilines is 4. The summed E-state index contributed by atoms with van der Waals surface area (Å²) < 4.78 is 13.1. The number of ketones is 1. The van der Waals surface area contributed by atoms with Gasteiger partial charge < -0.3 is 10.6 Å². The summed E-state index contributed by atoms with van der Waals surface area (Å²) in [5.41, 5.74) is 2.46. The van der Waals surface area contributed by atoms with Crippen LogP contribution in [0.3, 0.4) is 0 Å². The Hall–Kier alpha value is -2.70. The van der Waals surface area contributed by atoms with Crippen LogP contribution in [0.5, 0.6) is 0 Å². The van der Waals surface area contributed by atoms with Crippen LogP contribution in [0.15, 0.2) is 42.5 Å². The fourth-order valence-corrected chi connectivity index (χ4v) is 3.34. The lowest BCUT2D eigenvalue weighted by atomic mass is 9.95. The number of Topliss-reactive ketones (excluding diaryl/α,β-unsaturated/α-hetero) is 1. The Balaban J connectivity index is 1.73. The summed E-state index contributed by atoms with van der Waals surface area (Å²) in [4.78, 5) is 21.5. The van der Waals surface area contributed by atoms with E-state index >= 15 is 0 Å². The molecule has 1 aromatic heterocycles. The maximum absolute atomic E-state index is 13.1. The quantitative estimate of drug-likeness (QED) is 0.551. The summed E-state index contributed by atoms with van der Waals surface area (Å²) in [7, 11) is 0. The zero-order valence-electron chi connectivity index (χ0n) is 14.6. The number of nitrogens with zero attached hydrogens (tertiary/aromatic N) is 2. The van der Waals surface area contributed by atoms with Gasteiger partial charge in [-0.1, -0.05) is 23.2 Å². The van der Waals surface area contributed by atoms with Crippen molar-refractivity contribution in [3.05, 3.63) is 69.6 Å². The van der Waals surface area contributed by atoms with Crippen molar-refractivity contribution < 1.29 is 9.18 Å². The Bertz CT molecular complexity index is 1060. The maximum Gasteiger partial charge on any atom is 0.229 e. The standard InChI is InChI=1S/C20H15Cl2FN4O/c21-14-9-8-13(10-15(14)22)24-19-18-16(2-1-3-17(18)28)26-20(27-19)25-12-6-4-11(23)5-7-12/h4-10H,1-3H2,(H2,24,25,26,27). The highest BCUT2D eigenvalue weighted by Crippen LogP contribution is 2.32. The van der Waals surface area contributed by atoms with Crippen LogP contribution < -0.4 is 10.6 Å². The Morgan fingerprint density at radius 1 is 0.893 bits per heavy atom. The van der Waals surface area contributed by atoms with Gasteiger partial charge in [0, 0.05) is 17.8 Å². The average Bonchev–Trinajstić information content (AvgIpc) is 2.66. The van der Waals surface area contributed by atoms with Gasteiger partial charge in [0.15, 0.2) is 5.78 Å². The van der Waals surface area contributed by atoms with Gasteiger partial charge in [-0.2, -0.15) is 4.98 Å². The molecule has 1 aliphatic carbocycles. The van der Waals surface area contributed by atoms with E-state index in [4.69, 9.17) is 23.2 Å². The third kappa shape index (κ3) is 3.93. The molecule has 0 amide bonds. The van der Waals surface area contributed by atoms with Gasteiger partial charge in [-0.05, 0) is 55.3 Å². The lowest BCUT2D eigenvalue weighted by Crippen LogP contribution is -2.17. The number of hydrogen-bond donors (Lipinski definition) is 2. The molecule has 0 fully saturated rings. The number of nitrogens with one attached hydrogen (secondary N) is 2. The monoisotopic (exact) mass is 416 g/mol. The highest BCUT2D eigenvalue weighted by Gasteiger charge is 2.25. The molecule has 0 unspecified atom stereocenters. The summed E-state index contributed by atoms with van der Waals surface area (Å²) in [6.45, 7) is 0. The van der Waals surface area contributed by atoms with Gasteiger partial charge in [0.25, 0.3) is 0 Å². The Morgan fingerprint density at radius 3 is 2.39 bits per heavy atom. The molecular formula is C20H15Cl2FN4O. The molecule has 2 N–H and O–H groups in total. The van der Waals surface area contributed by atoms with Crippen molar-refractivity contribution in [2.24, 2.45) is 0 Å². The molecule has 0 saturated carbocycles. The number of rotatable bonds is 4. The van der Waals surface area contributed by atoms with E-state index in [1.165, 1.54) is 12.1 Å². The molecule has 4 rings (SSSR count). The van der Waals surface area contributed by atoms with E-state index in [0.717, 1.165) is 6.42 Å². The van der Waals surface area contributed by atoms with Crippen LogP contribution in [0.25, 0.3) is 0 Å². The molecule has 0 spiro atoms. The number of carbonyl (C=O) groups excluding carboxylic acids is 1. The Morgan fingerprint density at radius 2 is 1.64 bits per heavy atom. The second-order valence-corrected chi connectivity index (χ2v) is 7.19. The molecule has 5 nitrogen and oxygen atoms in total. The van der Waals surface area contributed by atoms with Crippen LogP contribution in [0.2, 0.25) is 10.0 Å². The molecule has 0 aliphatic heterocycles. The predicted octanol–water partition coefficient (Wildman–Crippen LogP) is 5.93. The molecule has 1 aliphatic rings. The highest BCUT2D eigenvalue weighted by molar-refractivity contribution is 6.42. The van der Waals surface area contributed by atoms with Gasteiger partial charge in [0.05, 0.1) is 21.3 Å².